The first-order valence-corrected chi connectivity index (χ1v) is 13.8. The van der Waals surface area contributed by atoms with E-state index in [1.54, 1.807) is 23.1 Å². The molecule has 11 heteroatoms. The fourth-order valence-electron chi connectivity index (χ4n) is 4.07. The standard InChI is InChI=1S/C27H28BrN3O6S/c1-17-6-8-19(9-7-17)29-24(32)16-37-22-14-20(28)18(12-21(22)36-2)13-23-26(34)31(27(35)38-23)15-25(33)30-10-4-3-5-11-30/h6-9,12-14H,3-5,10-11,15-16H2,1-2H3,(H,29,32)/b23-13-. The highest BCUT2D eigenvalue weighted by Crippen LogP contribution is 2.38. The summed E-state index contributed by atoms with van der Waals surface area (Å²) in [6.45, 7) is 2.77. The van der Waals surface area contributed by atoms with Crippen molar-refractivity contribution in [1.82, 2.24) is 9.80 Å². The normalized spacial score (nSPS) is 16.7. The molecule has 4 amide bonds. The van der Waals surface area contributed by atoms with Crippen LogP contribution in [-0.2, 0) is 14.4 Å². The molecule has 0 aliphatic carbocycles. The SMILES string of the molecule is COc1cc(/C=C2\SC(=O)N(CC(=O)N3CCCCC3)C2=O)c(Br)cc1OCC(=O)Nc1ccc(C)cc1. The average molecular weight is 603 g/mol. The number of piperidine rings is 1. The number of aryl methyl sites for hydroxylation is 1. The van der Waals surface area contributed by atoms with Crippen LogP contribution in [0, 0.1) is 6.92 Å². The zero-order chi connectivity index (χ0) is 27.2. The zero-order valence-corrected chi connectivity index (χ0v) is 23.5. The van der Waals surface area contributed by atoms with Crippen LogP contribution in [0.4, 0.5) is 10.5 Å². The first kappa shape index (κ1) is 27.7. The summed E-state index contributed by atoms with van der Waals surface area (Å²) in [6, 6.07) is 10.7. The highest BCUT2D eigenvalue weighted by molar-refractivity contribution is 9.10. The molecule has 0 atom stereocenters. The Labute approximate surface area is 233 Å². The molecule has 9 nitrogen and oxygen atoms in total. The van der Waals surface area contributed by atoms with E-state index < -0.39 is 11.1 Å². The van der Waals surface area contributed by atoms with E-state index in [0.717, 1.165) is 41.5 Å². The van der Waals surface area contributed by atoms with Gasteiger partial charge in [0.05, 0.1) is 12.0 Å². The van der Waals surface area contributed by atoms with Crippen molar-refractivity contribution in [2.45, 2.75) is 26.2 Å². The van der Waals surface area contributed by atoms with Crippen LogP contribution in [0.3, 0.4) is 0 Å². The van der Waals surface area contributed by atoms with Crippen LogP contribution in [0.25, 0.3) is 6.08 Å². The van der Waals surface area contributed by atoms with Gasteiger partial charge in [-0.3, -0.25) is 24.1 Å². The number of nitrogens with one attached hydrogen (secondary N) is 1. The molecule has 2 fully saturated rings. The number of likely N-dealkylation sites (tertiary alicyclic amines) is 1. The molecule has 0 unspecified atom stereocenters. The summed E-state index contributed by atoms with van der Waals surface area (Å²) in [5.41, 5.74) is 2.33. The lowest BCUT2D eigenvalue weighted by Crippen LogP contribution is -2.44. The van der Waals surface area contributed by atoms with Gasteiger partial charge in [0.25, 0.3) is 17.1 Å². The van der Waals surface area contributed by atoms with Crippen LogP contribution in [0.5, 0.6) is 11.5 Å². The summed E-state index contributed by atoms with van der Waals surface area (Å²) in [5, 5.41) is 2.29. The Morgan fingerprint density at radius 3 is 2.47 bits per heavy atom. The molecule has 0 radical (unpaired) electrons. The van der Waals surface area contributed by atoms with Gasteiger partial charge in [-0.05, 0) is 73.9 Å². The van der Waals surface area contributed by atoms with Crippen molar-refractivity contribution in [3.05, 3.63) is 56.9 Å². The number of hydrogen-bond acceptors (Lipinski definition) is 7. The van der Waals surface area contributed by atoms with E-state index in [1.165, 1.54) is 7.11 Å². The van der Waals surface area contributed by atoms with Gasteiger partial charge in [0.15, 0.2) is 18.1 Å². The predicted molar refractivity (Wildman–Crippen MR) is 149 cm³/mol. The molecule has 2 aromatic rings. The van der Waals surface area contributed by atoms with E-state index >= 15 is 0 Å². The third kappa shape index (κ3) is 6.76. The minimum atomic E-state index is -0.510. The lowest BCUT2D eigenvalue weighted by Gasteiger charge is -2.27. The maximum atomic E-state index is 12.9. The number of benzene rings is 2. The van der Waals surface area contributed by atoms with E-state index in [1.807, 2.05) is 31.2 Å². The third-order valence-electron chi connectivity index (χ3n) is 6.14. The topological polar surface area (TPSA) is 105 Å². The number of nitrogens with zero attached hydrogens (tertiary/aromatic N) is 2. The molecule has 2 saturated heterocycles. The van der Waals surface area contributed by atoms with Crippen LogP contribution < -0.4 is 14.8 Å². The molecule has 0 saturated carbocycles. The minimum absolute atomic E-state index is 0.204. The van der Waals surface area contributed by atoms with Gasteiger partial charge in [-0.2, -0.15) is 0 Å². The molecule has 200 valence electrons. The van der Waals surface area contributed by atoms with E-state index in [2.05, 4.69) is 21.2 Å². The van der Waals surface area contributed by atoms with Gasteiger partial charge in [0.1, 0.15) is 6.54 Å². The molecule has 2 aliphatic heterocycles. The van der Waals surface area contributed by atoms with Gasteiger partial charge in [-0.15, -0.1) is 0 Å². The quantitative estimate of drug-likeness (QED) is 0.432. The van der Waals surface area contributed by atoms with Crippen molar-refractivity contribution in [1.29, 1.82) is 0 Å². The molecule has 2 heterocycles. The summed E-state index contributed by atoms with van der Waals surface area (Å²) in [4.78, 5) is 53.3. The average Bonchev–Trinajstić information content (AvgIpc) is 3.17. The van der Waals surface area contributed by atoms with Crippen molar-refractivity contribution in [2.75, 3.05) is 38.7 Å². The number of hydrogen-bond donors (Lipinski definition) is 1. The predicted octanol–water partition coefficient (Wildman–Crippen LogP) is 4.83. The van der Waals surface area contributed by atoms with Gasteiger partial charge < -0.3 is 19.7 Å². The number of methoxy groups -OCH3 is 1. The monoisotopic (exact) mass is 601 g/mol. The number of carbonyl (C=O) groups is 4. The Morgan fingerprint density at radius 1 is 1.08 bits per heavy atom. The second-order valence-electron chi connectivity index (χ2n) is 8.94. The summed E-state index contributed by atoms with van der Waals surface area (Å²) in [7, 11) is 1.46. The number of carbonyl (C=O) groups excluding carboxylic acids is 4. The second kappa shape index (κ2) is 12.5. The van der Waals surface area contributed by atoms with Gasteiger partial charge >= 0.3 is 0 Å². The van der Waals surface area contributed by atoms with Crippen molar-refractivity contribution >= 4 is 62.4 Å². The van der Waals surface area contributed by atoms with Gasteiger partial charge in [0, 0.05) is 23.2 Å². The van der Waals surface area contributed by atoms with E-state index in [-0.39, 0.29) is 29.9 Å². The Hall–Kier alpha value is -3.31. The number of imide groups is 1. The first-order chi connectivity index (χ1) is 18.2. The Bertz CT molecular complexity index is 1270. The third-order valence-corrected chi connectivity index (χ3v) is 7.73. The summed E-state index contributed by atoms with van der Waals surface area (Å²) < 4.78 is 11.7. The number of rotatable bonds is 8. The fraction of sp³-hybridized carbons (Fsp3) is 0.333. The van der Waals surface area contributed by atoms with Crippen LogP contribution in [0.2, 0.25) is 0 Å². The van der Waals surface area contributed by atoms with E-state index in [9.17, 15) is 19.2 Å². The molecule has 38 heavy (non-hydrogen) atoms. The first-order valence-electron chi connectivity index (χ1n) is 12.1. The lowest BCUT2D eigenvalue weighted by atomic mass is 10.1. The minimum Gasteiger partial charge on any atom is -0.493 e. The van der Waals surface area contributed by atoms with Gasteiger partial charge in [-0.1, -0.05) is 33.6 Å². The zero-order valence-electron chi connectivity index (χ0n) is 21.1. The number of amides is 4. The molecule has 2 aromatic carbocycles. The Morgan fingerprint density at radius 2 is 1.79 bits per heavy atom. The summed E-state index contributed by atoms with van der Waals surface area (Å²) >= 11 is 4.26. The highest BCUT2D eigenvalue weighted by atomic mass is 79.9. The lowest BCUT2D eigenvalue weighted by molar-refractivity contribution is -0.136. The maximum Gasteiger partial charge on any atom is 0.294 e. The Balaban J connectivity index is 1.42. The van der Waals surface area contributed by atoms with Gasteiger partial charge in [0.2, 0.25) is 5.91 Å². The molecule has 1 N–H and O–H groups in total. The van der Waals surface area contributed by atoms with Crippen LogP contribution in [-0.4, -0.2) is 66.1 Å². The van der Waals surface area contributed by atoms with Gasteiger partial charge in [-0.25, -0.2) is 0 Å². The molecule has 0 aromatic heterocycles. The largest absolute Gasteiger partial charge is 0.493 e. The molecule has 0 bridgehead atoms. The summed E-state index contributed by atoms with van der Waals surface area (Å²) in [6.07, 6.45) is 4.51. The molecule has 4 rings (SSSR count). The second-order valence-corrected chi connectivity index (χ2v) is 10.8. The smallest absolute Gasteiger partial charge is 0.294 e. The number of anilines is 1. The van der Waals surface area contributed by atoms with E-state index in [4.69, 9.17) is 9.47 Å². The van der Waals surface area contributed by atoms with Crippen LogP contribution >= 0.6 is 27.7 Å². The van der Waals surface area contributed by atoms with Crippen LogP contribution in [0.1, 0.15) is 30.4 Å². The number of ether oxygens (including phenoxy) is 2. The highest BCUT2D eigenvalue weighted by Gasteiger charge is 2.37. The van der Waals surface area contributed by atoms with Crippen molar-refractivity contribution in [2.24, 2.45) is 0 Å². The number of thioether (sulfide) groups is 1. The van der Waals surface area contributed by atoms with Crippen molar-refractivity contribution in [3.8, 4) is 11.5 Å². The Kier molecular flexibility index (Phi) is 9.11. The molecule has 0 spiro atoms. The summed E-state index contributed by atoms with van der Waals surface area (Å²) in [5.74, 6) is -0.380. The van der Waals surface area contributed by atoms with Crippen molar-refractivity contribution < 1.29 is 28.7 Å². The number of halogens is 1. The molecule has 2 aliphatic rings. The fourth-order valence-corrected chi connectivity index (χ4v) is 5.33. The van der Waals surface area contributed by atoms with E-state index in [0.29, 0.717) is 40.3 Å². The molecular weight excluding hydrogens is 574 g/mol. The van der Waals surface area contributed by atoms with Crippen molar-refractivity contribution in [3.63, 3.8) is 0 Å². The molecular formula is C27H28BrN3O6S. The maximum absolute atomic E-state index is 12.9. The van der Waals surface area contributed by atoms with Crippen LogP contribution in [0.15, 0.2) is 45.8 Å².